The van der Waals surface area contributed by atoms with Crippen LogP contribution in [0.3, 0.4) is 0 Å². The molecule has 0 spiro atoms. The highest BCUT2D eigenvalue weighted by molar-refractivity contribution is 5.79. The number of hydrogen-bond donors (Lipinski definition) is 3. The normalized spacial score (nSPS) is 32.1. The number of rotatable bonds is 4. The first-order valence-electron chi connectivity index (χ1n) is 6.53. The fraction of sp³-hybridized carbons (Fsp3) is 0.833. The molecule has 102 valence electrons. The van der Waals surface area contributed by atoms with Crippen LogP contribution in [0.5, 0.6) is 0 Å². The molecule has 3 atom stereocenters. The number of piperidine rings is 1. The van der Waals surface area contributed by atoms with Gasteiger partial charge in [-0.3, -0.25) is 4.79 Å². The maximum atomic E-state index is 11.8. The number of carboxylic acids is 1. The summed E-state index contributed by atoms with van der Waals surface area (Å²) in [4.78, 5) is 22.6. The lowest BCUT2D eigenvalue weighted by atomic mass is 9.99. The molecule has 0 radical (unpaired) electrons. The van der Waals surface area contributed by atoms with E-state index in [0.717, 1.165) is 25.9 Å². The molecule has 6 heteroatoms. The molecule has 3 N–H and O–H groups in total. The first-order valence-corrected chi connectivity index (χ1v) is 6.53. The lowest BCUT2D eigenvalue weighted by Crippen LogP contribution is -2.42. The Kier molecular flexibility index (Phi) is 4.54. The van der Waals surface area contributed by atoms with Gasteiger partial charge in [0.15, 0.2) is 6.10 Å². The molecule has 18 heavy (non-hydrogen) atoms. The average Bonchev–Trinajstić information content (AvgIpc) is 2.86. The third-order valence-corrected chi connectivity index (χ3v) is 3.55. The maximum absolute atomic E-state index is 11.8. The highest BCUT2D eigenvalue weighted by atomic mass is 16.5. The van der Waals surface area contributed by atoms with Gasteiger partial charge in [-0.1, -0.05) is 0 Å². The van der Waals surface area contributed by atoms with Crippen LogP contribution in [0.25, 0.3) is 0 Å². The number of amides is 1. The van der Waals surface area contributed by atoms with Crippen LogP contribution in [0.1, 0.15) is 25.7 Å². The van der Waals surface area contributed by atoms with Crippen molar-refractivity contribution in [3.63, 3.8) is 0 Å². The van der Waals surface area contributed by atoms with Crippen LogP contribution in [0.4, 0.5) is 0 Å². The SMILES string of the molecule is O=C(O)C1CCC(CNC(=O)[C@@H]2CCCNC2)O1. The van der Waals surface area contributed by atoms with Crippen molar-refractivity contribution in [2.24, 2.45) is 5.92 Å². The minimum absolute atomic E-state index is 0.0374. The highest BCUT2D eigenvalue weighted by Crippen LogP contribution is 2.19. The molecular formula is C12H20N2O4. The predicted molar refractivity (Wildman–Crippen MR) is 64.1 cm³/mol. The monoisotopic (exact) mass is 256 g/mol. The van der Waals surface area contributed by atoms with Crippen molar-refractivity contribution in [1.29, 1.82) is 0 Å². The molecule has 0 saturated carbocycles. The van der Waals surface area contributed by atoms with Crippen molar-refractivity contribution in [3.8, 4) is 0 Å². The summed E-state index contributed by atoms with van der Waals surface area (Å²) < 4.78 is 5.33. The van der Waals surface area contributed by atoms with Gasteiger partial charge in [0.05, 0.1) is 12.0 Å². The van der Waals surface area contributed by atoms with Crippen molar-refractivity contribution >= 4 is 11.9 Å². The van der Waals surface area contributed by atoms with Crippen molar-refractivity contribution in [2.75, 3.05) is 19.6 Å². The van der Waals surface area contributed by atoms with Gasteiger partial charge in [0.1, 0.15) is 0 Å². The number of carboxylic acid groups (broad SMARTS) is 1. The fourth-order valence-corrected chi connectivity index (χ4v) is 2.47. The lowest BCUT2D eigenvalue weighted by molar-refractivity contribution is -0.149. The topological polar surface area (TPSA) is 87.7 Å². The predicted octanol–water partition coefficient (Wildman–Crippen LogP) is -0.266. The van der Waals surface area contributed by atoms with E-state index in [2.05, 4.69) is 10.6 Å². The Morgan fingerprint density at radius 3 is 2.78 bits per heavy atom. The van der Waals surface area contributed by atoms with Crippen LogP contribution >= 0.6 is 0 Å². The summed E-state index contributed by atoms with van der Waals surface area (Å²) in [5, 5.41) is 14.8. The van der Waals surface area contributed by atoms with Gasteiger partial charge in [-0.25, -0.2) is 4.79 Å². The van der Waals surface area contributed by atoms with Gasteiger partial charge in [-0.2, -0.15) is 0 Å². The van der Waals surface area contributed by atoms with Crippen LogP contribution in [0.15, 0.2) is 0 Å². The number of aliphatic carboxylic acids is 1. The minimum atomic E-state index is -0.916. The molecule has 0 aliphatic carbocycles. The molecule has 2 aliphatic rings. The van der Waals surface area contributed by atoms with Gasteiger partial charge in [-0.05, 0) is 32.2 Å². The van der Waals surface area contributed by atoms with Crippen LogP contribution in [0, 0.1) is 5.92 Å². The Balaban J connectivity index is 1.68. The van der Waals surface area contributed by atoms with Crippen LogP contribution in [-0.4, -0.2) is 48.8 Å². The van der Waals surface area contributed by atoms with Gasteiger partial charge in [0.2, 0.25) is 5.91 Å². The zero-order valence-corrected chi connectivity index (χ0v) is 10.4. The van der Waals surface area contributed by atoms with Crippen LogP contribution < -0.4 is 10.6 Å². The van der Waals surface area contributed by atoms with E-state index in [9.17, 15) is 9.59 Å². The summed E-state index contributed by atoms with van der Waals surface area (Å²) in [5.74, 6) is -0.833. The Labute approximate surface area is 106 Å². The summed E-state index contributed by atoms with van der Waals surface area (Å²) >= 11 is 0. The zero-order valence-electron chi connectivity index (χ0n) is 10.4. The second-order valence-corrected chi connectivity index (χ2v) is 4.95. The van der Waals surface area contributed by atoms with Crippen LogP contribution in [0.2, 0.25) is 0 Å². The standard InChI is InChI=1S/C12H20N2O4/c15-11(8-2-1-5-13-6-8)14-7-9-3-4-10(18-9)12(16)17/h8-10,13H,1-7H2,(H,14,15)(H,16,17)/t8-,9?,10?/m1/s1. The smallest absolute Gasteiger partial charge is 0.332 e. The number of nitrogens with one attached hydrogen (secondary N) is 2. The van der Waals surface area contributed by atoms with E-state index in [1.54, 1.807) is 0 Å². The molecular weight excluding hydrogens is 236 g/mol. The Bertz CT molecular complexity index is 315. The molecule has 2 heterocycles. The number of hydrogen-bond acceptors (Lipinski definition) is 4. The lowest BCUT2D eigenvalue weighted by Gasteiger charge is -2.22. The van der Waals surface area contributed by atoms with Gasteiger partial charge < -0.3 is 20.5 Å². The number of carbonyl (C=O) groups is 2. The van der Waals surface area contributed by atoms with Gasteiger partial charge in [0.25, 0.3) is 0 Å². The van der Waals surface area contributed by atoms with E-state index in [0.29, 0.717) is 19.4 Å². The third-order valence-electron chi connectivity index (χ3n) is 3.55. The van der Waals surface area contributed by atoms with Crippen molar-refractivity contribution in [2.45, 2.75) is 37.9 Å². The molecule has 0 aromatic carbocycles. The maximum Gasteiger partial charge on any atom is 0.332 e. The van der Waals surface area contributed by atoms with Crippen molar-refractivity contribution < 1.29 is 19.4 Å². The summed E-state index contributed by atoms with van der Waals surface area (Å²) in [5.41, 5.74) is 0. The summed E-state index contributed by atoms with van der Waals surface area (Å²) in [7, 11) is 0. The molecule has 1 amide bonds. The molecule has 2 saturated heterocycles. The average molecular weight is 256 g/mol. The van der Waals surface area contributed by atoms with Gasteiger partial charge in [-0.15, -0.1) is 0 Å². The molecule has 2 fully saturated rings. The van der Waals surface area contributed by atoms with E-state index in [1.165, 1.54) is 0 Å². The molecule has 0 bridgehead atoms. The van der Waals surface area contributed by atoms with Crippen molar-refractivity contribution in [3.05, 3.63) is 0 Å². The molecule has 2 aliphatic heterocycles. The van der Waals surface area contributed by atoms with E-state index >= 15 is 0 Å². The number of ether oxygens (including phenoxy) is 1. The summed E-state index contributed by atoms with van der Waals surface area (Å²) in [6.07, 6.45) is 2.30. The quantitative estimate of drug-likeness (QED) is 0.644. The van der Waals surface area contributed by atoms with Gasteiger partial charge in [0, 0.05) is 13.1 Å². The summed E-state index contributed by atoms with van der Waals surface area (Å²) in [6, 6.07) is 0. The zero-order chi connectivity index (χ0) is 13.0. The minimum Gasteiger partial charge on any atom is -0.479 e. The first-order chi connectivity index (χ1) is 8.66. The largest absolute Gasteiger partial charge is 0.479 e. The third kappa shape index (κ3) is 3.43. The molecule has 2 unspecified atom stereocenters. The Hall–Kier alpha value is -1.14. The molecule has 0 aromatic rings. The fourth-order valence-electron chi connectivity index (χ4n) is 2.47. The molecule has 0 aromatic heterocycles. The second-order valence-electron chi connectivity index (χ2n) is 4.95. The molecule has 2 rings (SSSR count). The van der Waals surface area contributed by atoms with E-state index in [4.69, 9.17) is 9.84 Å². The summed E-state index contributed by atoms with van der Waals surface area (Å²) in [6.45, 7) is 2.13. The van der Waals surface area contributed by atoms with Crippen molar-refractivity contribution in [1.82, 2.24) is 10.6 Å². The number of carbonyl (C=O) groups excluding carboxylic acids is 1. The van der Waals surface area contributed by atoms with E-state index < -0.39 is 12.1 Å². The van der Waals surface area contributed by atoms with E-state index in [-0.39, 0.29) is 17.9 Å². The Morgan fingerprint density at radius 2 is 2.17 bits per heavy atom. The molecule has 6 nitrogen and oxygen atoms in total. The van der Waals surface area contributed by atoms with E-state index in [1.807, 2.05) is 0 Å². The first kappa shape index (κ1) is 13.3. The van der Waals surface area contributed by atoms with Gasteiger partial charge >= 0.3 is 5.97 Å². The highest BCUT2D eigenvalue weighted by Gasteiger charge is 2.31. The Morgan fingerprint density at radius 1 is 1.33 bits per heavy atom. The van der Waals surface area contributed by atoms with Crippen LogP contribution in [-0.2, 0) is 14.3 Å². The second kappa shape index (κ2) is 6.15.